The van der Waals surface area contributed by atoms with Crippen LogP contribution in [-0.2, 0) is 18.5 Å². The van der Waals surface area contributed by atoms with E-state index in [0.717, 1.165) is 12.8 Å². The third kappa shape index (κ3) is 1.66. The summed E-state index contributed by atoms with van der Waals surface area (Å²) in [7, 11) is 0. The van der Waals surface area contributed by atoms with Gasteiger partial charge in [-0.05, 0) is 57.0 Å². The maximum Gasteiger partial charge on any atom is 0.439 e. The normalized spacial score (nSPS) is 21.5. The van der Waals surface area contributed by atoms with E-state index in [1.54, 1.807) is 5.56 Å². The maximum absolute atomic E-state index is 2.58. The lowest BCUT2D eigenvalue weighted by atomic mass is 9.65. The molecule has 0 amide bonds. The van der Waals surface area contributed by atoms with Crippen molar-refractivity contribution in [3.63, 3.8) is 0 Å². The molecule has 0 saturated heterocycles. The van der Waals surface area contributed by atoms with E-state index in [9.17, 15) is 0 Å². The summed E-state index contributed by atoms with van der Waals surface area (Å²) in [6.07, 6.45) is 8.79. The molecule has 0 N–H and O–H groups in total. The number of fused-ring (bicyclic) bond motifs is 6. The fraction of sp³-hybridized carbons (Fsp3) is 0.133. The lowest BCUT2D eigenvalue weighted by Gasteiger charge is -2.39. The lowest BCUT2D eigenvalue weighted by molar-refractivity contribution is -0.999. The number of aromatic nitrogens is 3. The molecule has 0 saturated carbocycles. The van der Waals surface area contributed by atoms with E-state index in [4.69, 9.17) is 0 Å². The minimum absolute atomic E-state index is 0.269. The van der Waals surface area contributed by atoms with Gasteiger partial charge in [-0.15, -0.1) is 9.25 Å². The van der Waals surface area contributed by atoms with Crippen LogP contribution in [0.5, 0.6) is 0 Å². The van der Waals surface area contributed by atoms with Crippen LogP contribution in [0.2, 0.25) is 0 Å². The van der Waals surface area contributed by atoms with Gasteiger partial charge in [0.2, 0.25) is 11.9 Å². The van der Waals surface area contributed by atoms with E-state index in [-0.39, 0.29) is 11.6 Å². The predicted octanol–water partition coefficient (Wildman–Crippen LogP) is 3.97. The fourth-order valence-corrected chi connectivity index (χ4v) is 7.42. The van der Waals surface area contributed by atoms with Crippen molar-refractivity contribution in [1.82, 2.24) is 4.68 Å². The van der Waals surface area contributed by atoms with Gasteiger partial charge in [-0.2, -0.15) is 0 Å². The molecule has 3 nitrogen and oxygen atoms in total. The van der Waals surface area contributed by atoms with Gasteiger partial charge in [0.05, 0.1) is 12.1 Å². The Labute approximate surface area is 191 Å². The van der Waals surface area contributed by atoms with Crippen molar-refractivity contribution in [3.8, 4) is 5.69 Å². The first kappa shape index (κ1) is 16.6. The highest BCUT2D eigenvalue weighted by molar-refractivity contribution is 5.67. The average molecular weight is 424 g/mol. The lowest BCUT2D eigenvalue weighted by Crippen LogP contribution is -2.78. The van der Waals surface area contributed by atoms with Crippen molar-refractivity contribution in [3.05, 3.63) is 148 Å². The summed E-state index contributed by atoms with van der Waals surface area (Å²) in [6, 6.07) is 29.7. The molecule has 2 atom stereocenters. The number of nitrogens with zero attached hydrogens (tertiary/aromatic N) is 3. The van der Waals surface area contributed by atoms with Gasteiger partial charge in [-0.1, -0.05) is 54.6 Å². The minimum atomic E-state index is -0.381. The molecule has 4 heterocycles. The van der Waals surface area contributed by atoms with Gasteiger partial charge >= 0.3 is 5.66 Å². The summed E-state index contributed by atoms with van der Waals surface area (Å²) in [5.74, 6) is 0.269. The van der Waals surface area contributed by atoms with E-state index in [0.29, 0.717) is 0 Å². The largest absolute Gasteiger partial charge is 0.439 e. The maximum atomic E-state index is 2.58. The molecule has 2 aromatic heterocycles. The van der Waals surface area contributed by atoms with E-state index in [1.165, 1.54) is 50.3 Å². The third-order valence-electron chi connectivity index (χ3n) is 8.47. The zero-order valence-corrected chi connectivity index (χ0v) is 18.1. The quantitative estimate of drug-likeness (QED) is 0.328. The number of benzene rings is 3. The molecule has 4 aliphatic rings. The van der Waals surface area contributed by atoms with Gasteiger partial charge < -0.3 is 0 Å². The first-order valence-electron chi connectivity index (χ1n) is 11.8. The molecular formula is C30H21N3+2. The Balaban J connectivity index is 1.54. The molecule has 5 aromatic rings. The number of hydrogen-bond donors (Lipinski definition) is 0. The van der Waals surface area contributed by atoms with Crippen molar-refractivity contribution in [1.29, 1.82) is 0 Å². The summed E-state index contributed by atoms with van der Waals surface area (Å²) in [5, 5.41) is 0. The fourth-order valence-electron chi connectivity index (χ4n) is 7.42. The van der Waals surface area contributed by atoms with Crippen LogP contribution < -0.4 is 9.25 Å². The van der Waals surface area contributed by atoms with Crippen molar-refractivity contribution in [2.24, 2.45) is 0 Å². The van der Waals surface area contributed by atoms with Crippen LogP contribution in [-0.4, -0.2) is 4.68 Å². The van der Waals surface area contributed by atoms with E-state index >= 15 is 0 Å². The Bertz CT molecular complexity index is 1690. The molecule has 1 spiro atoms. The van der Waals surface area contributed by atoms with E-state index < -0.39 is 0 Å². The SMILES string of the molecule is c1ccc2c(c1)Cc1ccc3c4c1C2c1cccc[n+]1C41c2c(cccc2-n2ccc[n+]21)C3. The van der Waals surface area contributed by atoms with Gasteiger partial charge in [-0.3, -0.25) is 0 Å². The summed E-state index contributed by atoms with van der Waals surface area (Å²) < 4.78 is 7.41. The van der Waals surface area contributed by atoms with E-state index in [2.05, 4.69) is 111 Å². The second-order valence-corrected chi connectivity index (χ2v) is 9.82. The molecule has 0 radical (unpaired) electrons. The molecule has 154 valence electrons. The van der Waals surface area contributed by atoms with Crippen molar-refractivity contribution in [2.45, 2.75) is 24.4 Å². The van der Waals surface area contributed by atoms with Gasteiger partial charge in [0, 0.05) is 18.2 Å². The number of hydrogen-bond acceptors (Lipinski definition) is 0. The first-order chi connectivity index (χ1) is 16.4. The van der Waals surface area contributed by atoms with E-state index in [1.807, 2.05) is 0 Å². The van der Waals surface area contributed by atoms with Gasteiger partial charge in [-0.25, -0.2) is 0 Å². The standard InChI is InChI=1S/C30H21N3/c1-2-9-23-19(7-1)17-20-12-13-22-18-21-8-5-11-25-28(21)30(33-16-6-15-32(25)33)29(22)26(20)27(23)24-10-3-4-14-31(24)30/h1-16,27H,17-18H2/q+2. The molecular weight excluding hydrogens is 402 g/mol. The average Bonchev–Trinajstić information content (AvgIpc) is 3.45. The third-order valence-corrected chi connectivity index (χ3v) is 8.47. The van der Waals surface area contributed by atoms with Crippen LogP contribution >= 0.6 is 0 Å². The molecule has 0 fully saturated rings. The Hall–Kier alpha value is -3.98. The number of rotatable bonds is 0. The van der Waals surface area contributed by atoms with Crippen molar-refractivity contribution >= 4 is 0 Å². The van der Waals surface area contributed by atoms with Crippen molar-refractivity contribution < 1.29 is 9.25 Å². The summed E-state index contributed by atoms with van der Waals surface area (Å²) in [5.41, 5.74) is 14.1. The summed E-state index contributed by atoms with van der Waals surface area (Å²) in [6.45, 7) is 0. The van der Waals surface area contributed by atoms with Crippen molar-refractivity contribution in [2.75, 3.05) is 0 Å². The van der Waals surface area contributed by atoms with Crippen LogP contribution in [0, 0.1) is 0 Å². The predicted molar refractivity (Wildman–Crippen MR) is 124 cm³/mol. The summed E-state index contributed by atoms with van der Waals surface area (Å²) >= 11 is 0. The van der Waals surface area contributed by atoms with Crippen LogP contribution in [0.25, 0.3) is 5.69 Å². The highest BCUT2D eigenvalue weighted by Crippen LogP contribution is 2.53. The van der Waals surface area contributed by atoms with Crippen LogP contribution in [0.4, 0.5) is 0 Å². The highest BCUT2D eigenvalue weighted by Gasteiger charge is 2.70. The monoisotopic (exact) mass is 423 g/mol. The van der Waals surface area contributed by atoms with Crippen LogP contribution in [0.1, 0.15) is 56.1 Å². The second-order valence-electron chi connectivity index (χ2n) is 9.82. The molecule has 9 rings (SSSR count). The molecule has 2 unspecified atom stereocenters. The zero-order chi connectivity index (χ0) is 21.3. The Morgan fingerprint density at radius 3 is 2.52 bits per heavy atom. The molecule has 0 bridgehead atoms. The number of pyridine rings is 1. The van der Waals surface area contributed by atoms with Gasteiger partial charge in [0.1, 0.15) is 16.8 Å². The molecule has 33 heavy (non-hydrogen) atoms. The Kier molecular flexibility index (Phi) is 2.68. The Morgan fingerprint density at radius 1 is 0.697 bits per heavy atom. The highest BCUT2D eigenvalue weighted by atomic mass is 15.5. The zero-order valence-electron chi connectivity index (χ0n) is 18.1. The smallest absolute Gasteiger partial charge is 0.127 e. The topological polar surface area (TPSA) is 12.7 Å². The second kappa shape index (κ2) is 5.32. The van der Waals surface area contributed by atoms with Gasteiger partial charge in [0.15, 0.2) is 6.20 Å². The molecule has 3 heteroatoms. The summed E-state index contributed by atoms with van der Waals surface area (Å²) in [4.78, 5) is 0. The molecule has 3 aromatic carbocycles. The first-order valence-corrected chi connectivity index (χ1v) is 11.8. The molecule has 2 aliphatic carbocycles. The van der Waals surface area contributed by atoms with Gasteiger partial charge in [0.25, 0.3) is 0 Å². The molecule has 2 aliphatic heterocycles. The van der Waals surface area contributed by atoms with Crippen LogP contribution in [0.15, 0.2) is 97.5 Å². The minimum Gasteiger partial charge on any atom is -0.127 e. The Morgan fingerprint density at radius 2 is 1.52 bits per heavy atom. The van der Waals surface area contributed by atoms with Crippen LogP contribution in [0.3, 0.4) is 0 Å².